The third-order valence-corrected chi connectivity index (χ3v) is 2.86. The van der Waals surface area contributed by atoms with Crippen LogP contribution < -0.4 is 0 Å². The number of Topliss-reactive ketones (excluding diaryl/α,β-unsaturated/α-hetero) is 1. The van der Waals surface area contributed by atoms with E-state index >= 15 is 0 Å². The fourth-order valence-corrected chi connectivity index (χ4v) is 2.00. The van der Waals surface area contributed by atoms with Gasteiger partial charge in [-0.25, -0.2) is 0 Å². The number of aliphatic carboxylic acids is 1. The third-order valence-electron chi connectivity index (χ3n) is 2.86. The molecule has 0 aliphatic rings. The van der Waals surface area contributed by atoms with Crippen LogP contribution in [0.4, 0.5) is 0 Å². The van der Waals surface area contributed by atoms with Gasteiger partial charge in [0.15, 0.2) is 11.2 Å². The number of carbonyl (C=O) groups excluding carboxylic acids is 1. The quantitative estimate of drug-likeness (QED) is 0.775. The summed E-state index contributed by atoms with van der Waals surface area (Å²) >= 11 is 0. The predicted molar refractivity (Wildman–Crippen MR) is 61.3 cm³/mol. The van der Waals surface area contributed by atoms with E-state index < -0.39 is 11.4 Å². The van der Waals surface area contributed by atoms with E-state index in [2.05, 4.69) is 0 Å². The molecule has 0 aromatic heterocycles. The number of rotatable bonds is 5. The van der Waals surface area contributed by atoms with Crippen molar-refractivity contribution in [3.05, 3.63) is 35.9 Å². The first-order valence-electron chi connectivity index (χ1n) is 5.35. The number of hydrogen-bond donors (Lipinski definition) is 1. The van der Waals surface area contributed by atoms with Crippen LogP contribution in [-0.2, 0) is 15.0 Å². The zero-order chi connectivity index (χ0) is 12.2. The molecule has 0 bridgehead atoms. The number of benzene rings is 1. The molecule has 0 amide bonds. The Morgan fingerprint density at radius 2 is 1.81 bits per heavy atom. The van der Waals surface area contributed by atoms with Gasteiger partial charge in [-0.1, -0.05) is 43.7 Å². The maximum atomic E-state index is 11.7. The van der Waals surface area contributed by atoms with E-state index in [1.165, 1.54) is 6.92 Å². The van der Waals surface area contributed by atoms with E-state index in [9.17, 15) is 14.7 Å². The highest BCUT2D eigenvalue weighted by atomic mass is 16.4. The molecule has 86 valence electrons. The van der Waals surface area contributed by atoms with Crippen LogP contribution in [0.15, 0.2) is 30.3 Å². The highest BCUT2D eigenvalue weighted by Gasteiger charge is 2.44. The smallest absolute Gasteiger partial charge is 0.321 e. The molecule has 0 radical (unpaired) electrons. The second-order valence-electron chi connectivity index (χ2n) is 3.88. The minimum Gasteiger partial charge on any atom is -0.480 e. The lowest BCUT2D eigenvalue weighted by Crippen LogP contribution is -2.42. The molecule has 1 aromatic rings. The van der Waals surface area contributed by atoms with Crippen molar-refractivity contribution in [2.45, 2.75) is 32.1 Å². The van der Waals surface area contributed by atoms with Gasteiger partial charge in [-0.2, -0.15) is 0 Å². The van der Waals surface area contributed by atoms with Crippen molar-refractivity contribution >= 4 is 11.8 Å². The molecular weight excluding hydrogens is 204 g/mol. The molecule has 0 saturated heterocycles. The van der Waals surface area contributed by atoms with E-state index in [4.69, 9.17) is 0 Å². The molecule has 0 aliphatic heterocycles. The van der Waals surface area contributed by atoms with Gasteiger partial charge in [0.05, 0.1) is 0 Å². The Balaban J connectivity index is 3.33. The summed E-state index contributed by atoms with van der Waals surface area (Å²) < 4.78 is 0. The summed E-state index contributed by atoms with van der Waals surface area (Å²) in [6.07, 6.45) is 0.989. The molecule has 0 saturated carbocycles. The Kier molecular flexibility index (Phi) is 3.82. The lowest BCUT2D eigenvalue weighted by molar-refractivity contribution is -0.148. The summed E-state index contributed by atoms with van der Waals surface area (Å²) in [6.45, 7) is 3.22. The second-order valence-corrected chi connectivity index (χ2v) is 3.88. The van der Waals surface area contributed by atoms with Crippen molar-refractivity contribution in [3.8, 4) is 0 Å². The van der Waals surface area contributed by atoms with Gasteiger partial charge in [-0.05, 0) is 18.9 Å². The molecule has 3 heteroatoms. The van der Waals surface area contributed by atoms with Gasteiger partial charge in [-0.3, -0.25) is 9.59 Å². The molecule has 1 aromatic carbocycles. The number of carboxylic acids is 1. The first-order valence-corrected chi connectivity index (χ1v) is 5.35. The molecule has 1 rings (SSSR count). The van der Waals surface area contributed by atoms with Crippen LogP contribution in [0.2, 0.25) is 0 Å². The zero-order valence-corrected chi connectivity index (χ0v) is 9.56. The highest BCUT2D eigenvalue weighted by Crippen LogP contribution is 2.31. The first-order chi connectivity index (χ1) is 7.55. The summed E-state index contributed by atoms with van der Waals surface area (Å²) in [5.41, 5.74) is -0.812. The van der Waals surface area contributed by atoms with E-state index in [-0.39, 0.29) is 5.78 Å². The Morgan fingerprint density at radius 1 is 1.25 bits per heavy atom. The van der Waals surface area contributed by atoms with Crippen LogP contribution in [-0.4, -0.2) is 16.9 Å². The first kappa shape index (κ1) is 12.4. The Hall–Kier alpha value is -1.64. The van der Waals surface area contributed by atoms with Crippen molar-refractivity contribution in [2.24, 2.45) is 0 Å². The van der Waals surface area contributed by atoms with Gasteiger partial charge in [-0.15, -0.1) is 0 Å². The second kappa shape index (κ2) is 4.92. The van der Waals surface area contributed by atoms with Crippen LogP contribution in [0.1, 0.15) is 32.3 Å². The molecule has 0 aliphatic carbocycles. The molecule has 1 unspecified atom stereocenters. The summed E-state index contributed by atoms with van der Waals surface area (Å²) in [5.74, 6) is -1.37. The Bertz CT molecular complexity index is 367. The molecule has 1 N–H and O–H groups in total. The number of carbonyl (C=O) groups is 2. The van der Waals surface area contributed by atoms with Gasteiger partial charge in [0.1, 0.15) is 0 Å². The van der Waals surface area contributed by atoms with Gasteiger partial charge < -0.3 is 5.11 Å². The molecular formula is C13H16O3. The molecule has 1 atom stereocenters. The third kappa shape index (κ3) is 1.98. The van der Waals surface area contributed by atoms with Crippen molar-refractivity contribution in [1.29, 1.82) is 0 Å². The lowest BCUT2D eigenvalue weighted by Gasteiger charge is -2.26. The van der Waals surface area contributed by atoms with E-state index in [0.29, 0.717) is 18.4 Å². The van der Waals surface area contributed by atoms with Crippen LogP contribution in [0, 0.1) is 0 Å². The van der Waals surface area contributed by atoms with E-state index in [0.717, 1.165) is 0 Å². The largest absolute Gasteiger partial charge is 0.480 e. The average molecular weight is 220 g/mol. The zero-order valence-electron chi connectivity index (χ0n) is 9.56. The predicted octanol–water partition coefficient (Wildman–Crippen LogP) is 2.40. The highest BCUT2D eigenvalue weighted by molar-refractivity contribution is 6.07. The van der Waals surface area contributed by atoms with Crippen molar-refractivity contribution in [3.63, 3.8) is 0 Å². The molecule has 0 spiro atoms. The summed E-state index contributed by atoms with van der Waals surface area (Å²) in [4.78, 5) is 23.1. The van der Waals surface area contributed by atoms with E-state index in [1.807, 2.05) is 13.0 Å². The number of ketones is 1. The van der Waals surface area contributed by atoms with Gasteiger partial charge in [0.2, 0.25) is 0 Å². The average Bonchev–Trinajstić information content (AvgIpc) is 2.26. The number of carboxylic acid groups (broad SMARTS) is 1. The van der Waals surface area contributed by atoms with Crippen LogP contribution in [0.3, 0.4) is 0 Å². The lowest BCUT2D eigenvalue weighted by atomic mass is 9.74. The summed E-state index contributed by atoms with van der Waals surface area (Å²) in [6, 6.07) is 8.72. The van der Waals surface area contributed by atoms with Crippen LogP contribution in [0.25, 0.3) is 0 Å². The normalized spacial score (nSPS) is 14.1. The molecule has 0 fully saturated rings. The maximum Gasteiger partial charge on any atom is 0.321 e. The Morgan fingerprint density at radius 3 is 2.19 bits per heavy atom. The maximum absolute atomic E-state index is 11.7. The van der Waals surface area contributed by atoms with Crippen LogP contribution >= 0.6 is 0 Å². The molecule has 16 heavy (non-hydrogen) atoms. The summed E-state index contributed by atoms with van der Waals surface area (Å²) in [5, 5.41) is 9.36. The SMILES string of the molecule is CCCC(C(C)=O)(C(=O)O)c1ccccc1. The Labute approximate surface area is 95.1 Å². The van der Waals surface area contributed by atoms with Gasteiger partial charge in [0.25, 0.3) is 0 Å². The van der Waals surface area contributed by atoms with Crippen molar-refractivity contribution < 1.29 is 14.7 Å². The van der Waals surface area contributed by atoms with Crippen molar-refractivity contribution in [1.82, 2.24) is 0 Å². The topological polar surface area (TPSA) is 54.4 Å². The fourth-order valence-electron chi connectivity index (χ4n) is 2.00. The van der Waals surface area contributed by atoms with Crippen LogP contribution in [0.5, 0.6) is 0 Å². The van der Waals surface area contributed by atoms with Gasteiger partial charge >= 0.3 is 5.97 Å². The standard InChI is InChI=1S/C13H16O3/c1-3-9-13(10(2)14,12(15)16)11-7-5-4-6-8-11/h4-8H,3,9H2,1-2H3,(H,15,16). The molecule has 0 heterocycles. The number of hydrogen-bond acceptors (Lipinski definition) is 2. The van der Waals surface area contributed by atoms with Gasteiger partial charge in [0, 0.05) is 0 Å². The fraction of sp³-hybridized carbons (Fsp3) is 0.385. The molecule has 3 nitrogen and oxygen atoms in total. The minimum absolute atomic E-state index is 0.312. The summed E-state index contributed by atoms with van der Waals surface area (Å²) in [7, 11) is 0. The van der Waals surface area contributed by atoms with Crippen molar-refractivity contribution in [2.75, 3.05) is 0 Å². The van der Waals surface area contributed by atoms with E-state index in [1.54, 1.807) is 24.3 Å². The monoisotopic (exact) mass is 220 g/mol. The minimum atomic E-state index is -1.38.